The van der Waals surface area contributed by atoms with Gasteiger partial charge in [-0.25, -0.2) is 24.1 Å². The van der Waals surface area contributed by atoms with Crippen molar-refractivity contribution < 1.29 is 54.3 Å². The molecule has 17 heteroatoms. The van der Waals surface area contributed by atoms with Crippen molar-refractivity contribution in [3.8, 4) is 28.6 Å². The van der Waals surface area contributed by atoms with E-state index in [1.165, 1.54) is 37.5 Å². The van der Waals surface area contributed by atoms with Crippen LogP contribution < -0.4 is 10.5 Å². The smallest absolute Gasteiger partial charge is 0.487 e. The Morgan fingerprint density at radius 2 is 1.82 bits per heavy atom. The lowest BCUT2D eigenvalue weighted by Crippen LogP contribution is -2.46. The van der Waals surface area contributed by atoms with Crippen molar-refractivity contribution in [2.24, 2.45) is 10.7 Å². The molecule has 0 spiro atoms. The van der Waals surface area contributed by atoms with Gasteiger partial charge in [-0.3, -0.25) is 0 Å². The van der Waals surface area contributed by atoms with Crippen LogP contribution >= 0.6 is 0 Å². The molecule has 0 bridgehead atoms. The van der Waals surface area contributed by atoms with Gasteiger partial charge >= 0.3 is 18.3 Å². The van der Waals surface area contributed by atoms with E-state index in [1.807, 2.05) is 0 Å². The largest absolute Gasteiger partial charge is 0.490 e. The molecule has 10 nitrogen and oxygen atoms in total. The molecule has 2 atom stereocenters. The molecule has 1 aliphatic rings. The number of aromatic nitrogens is 3. The van der Waals surface area contributed by atoms with Crippen LogP contribution in [0.4, 0.5) is 30.7 Å². The molecule has 40 heavy (non-hydrogen) atoms. The first-order valence-corrected chi connectivity index (χ1v) is 11.2. The second kappa shape index (κ2) is 10.6. The van der Waals surface area contributed by atoms with E-state index in [-0.39, 0.29) is 34.2 Å². The first-order chi connectivity index (χ1) is 18.7. The maximum atomic E-state index is 14.8. The summed E-state index contributed by atoms with van der Waals surface area (Å²) in [6.45, 7) is 0.210. The molecule has 0 fully saturated rings. The summed E-state index contributed by atoms with van der Waals surface area (Å²) >= 11 is 0. The van der Waals surface area contributed by atoms with Crippen molar-refractivity contribution >= 4 is 12.0 Å². The van der Waals surface area contributed by atoms with Crippen LogP contribution in [0.2, 0.25) is 0 Å². The molecule has 3 heterocycles. The third-order valence-electron chi connectivity index (χ3n) is 5.58. The van der Waals surface area contributed by atoms with Crippen LogP contribution in [0.1, 0.15) is 18.9 Å². The van der Waals surface area contributed by atoms with Crippen LogP contribution in [-0.4, -0.2) is 58.7 Å². The quantitative estimate of drug-likeness (QED) is 0.248. The Morgan fingerprint density at radius 3 is 2.48 bits per heavy atom. The van der Waals surface area contributed by atoms with Gasteiger partial charge < -0.3 is 24.5 Å². The summed E-state index contributed by atoms with van der Waals surface area (Å²) in [6.07, 6.45) is -8.18. The summed E-state index contributed by atoms with van der Waals surface area (Å²) in [5.41, 5.74) is 3.83. The van der Waals surface area contributed by atoms with Crippen LogP contribution in [0, 0.1) is 5.82 Å². The van der Waals surface area contributed by atoms with Crippen LogP contribution in [0.15, 0.2) is 46.2 Å². The number of benzene rings is 1. The van der Waals surface area contributed by atoms with Crippen LogP contribution in [0.25, 0.3) is 22.8 Å². The molecule has 0 saturated heterocycles. The summed E-state index contributed by atoms with van der Waals surface area (Å²) in [5.74, 6) is -2.98. The number of halogens is 7. The third kappa shape index (κ3) is 6.40. The van der Waals surface area contributed by atoms with E-state index in [0.717, 1.165) is 6.07 Å². The molecular weight excluding hydrogens is 559 g/mol. The van der Waals surface area contributed by atoms with E-state index in [4.69, 9.17) is 19.7 Å². The number of nitrogens with zero attached hydrogens (tertiary/aromatic N) is 4. The lowest BCUT2D eigenvalue weighted by molar-refractivity contribution is -0.200. The Hall–Kier alpha value is -4.44. The second-order valence-electron chi connectivity index (χ2n) is 8.56. The number of hydrogen-bond donors (Lipinski definition) is 1. The fraction of sp³-hybridized carbons (Fsp3) is 0.348. The minimum absolute atomic E-state index is 0.0489. The Labute approximate surface area is 219 Å². The zero-order valence-electron chi connectivity index (χ0n) is 20.2. The zero-order chi connectivity index (χ0) is 29.3. The first-order valence-electron chi connectivity index (χ1n) is 11.2. The number of aliphatic imine (C=N–C) groups is 1. The lowest BCUT2D eigenvalue weighted by Gasteiger charge is -2.37. The zero-order valence-corrected chi connectivity index (χ0v) is 20.2. The van der Waals surface area contributed by atoms with Gasteiger partial charge in [0.05, 0.1) is 12.4 Å². The summed E-state index contributed by atoms with van der Waals surface area (Å²) in [5, 5.41) is 3.83. The van der Waals surface area contributed by atoms with Crippen molar-refractivity contribution in [3.05, 3.63) is 48.0 Å². The number of alkyl halides is 6. The molecule has 2 N–H and O–H groups in total. The number of hydrogen-bond acceptors (Lipinski definition) is 10. The fourth-order valence-electron chi connectivity index (χ4n) is 3.72. The predicted octanol–water partition coefficient (Wildman–Crippen LogP) is 4.30. The summed E-state index contributed by atoms with van der Waals surface area (Å²) < 4.78 is 111. The summed E-state index contributed by atoms with van der Waals surface area (Å²) in [4.78, 5) is 21.9. The highest BCUT2D eigenvalue weighted by Crippen LogP contribution is 2.41. The van der Waals surface area contributed by atoms with E-state index in [9.17, 15) is 35.5 Å². The Bertz CT molecular complexity index is 1410. The number of carbonyl (C=O) groups is 1. The van der Waals surface area contributed by atoms with Gasteiger partial charge in [0, 0.05) is 23.6 Å². The molecule has 214 valence electrons. The van der Waals surface area contributed by atoms with E-state index in [1.54, 1.807) is 0 Å². The second-order valence-corrected chi connectivity index (χ2v) is 8.56. The van der Waals surface area contributed by atoms with Gasteiger partial charge in [-0.05, 0) is 25.1 Å². The fourth-order valence-corrected chi connectivity index (χ4v) is 3.72. The van der Waals surface area contributed by atoms with Gasteiger partial charge in [-0.2, -0.15) is 26.3 Å². The minimum atomic E-state index is -5.11. The lowest BCUT2D eigenvalue weighted by atomic mass is 9.86. The Morgan fingerprint density at radius 1 is 1.12 bits per heavy atom. The van der Waals surface area contributed by atoms with Crippen LogP contribution in [-0.2, 0) is 19.9 Å². The number of carbonyl (C=O) groups excluding carboxylic acids is 1. The van der Waals surface area contributed by atoms with Crippen LogP contribution in [0.3, 0.4) is 0 Å². The van der Waals surface area contributed by atoms with Crippen molar-refractivity contribution in [3.63, 3.8) is 0 Å². The van der Waals surface area contributed by atoms with Crippen LogP contribution in [0.5, 0.6) is 5.75 Å². The molecule has 0 unspecified atom stereocenters. The van der Waals surface area contributed by atoms with Crippen molar-refractivity contribution in [1.82, 2.24) is 15.1 Å². The molecule has 0 saturated carbocycles. The molecular formula is C23H18F7N5O5. The van der Waals surface area contributed by atoms with Crippen molar-refractivity contribution in [2.45, 2.75) is 37.3 Å². The molecule has 0 radical (unpaired) electrons. The highest BCUT2D eigenvalue weighted by atomic mass is 19.4. The molecule has 4 rings (SSSR count). The molecule has 0 amide bonds. The minimum Gasteiger partial charge on any atom is -0.487 e. The topological polar surface area (TPSA) is 135 Å². The van der Waals surface area contributed by atoms with Crippen molar-refractivity contribution in [2.75, 3.05) is 13.2 Å². The first kappa shape index (κ1) is 28.6. The van der Waals surface area contributed by atoms with Gasteiger partial charge in [0.15, 0.2) is 29.1 Å². The molecule has 1 aromatic carbocycles. The van der Waals surface area contributed by atoms with Gasteiger partial charge in [0.2, 0.25) is 0 Å². The summed E-state index contributed by atoms with van der Waals surface area (Å²) in [6, 6.07) is 2.06. The number of nitrogens with two attached hydrogens (primary N) is 1. The monoisotopic (exact) mass is 577 g/mol. The highest BCUT2D eigenvalue weighted by Gasteiger charge is 2.49. The van der Waals surface area contributed by atoms with Gasteiger partial charge in [0.1, 0.15) is 24.6 Å². The Kier molecular flexibility index (Phi) is 7.58. The van der Waals surface area contributed by atoms with E-state index < -0.39 is 61.4 Å². The maximum absolute atomic E-state index is 14.8. The molecule has 0 aliphatic carbocycles. The maximum Gasteiger partial charge on any atom is 0.490 e. The van der Waals surface area contributed by atoms with Gasteiger partial charge in [-0.1, -0.05) is 5.16 Å². The van der Waals surface area contributed by atoms with E-state index >= 15 is 0 Å². The average Bonchev–Trinajstić information content (AvgIpc) is 3.36. The number of esters is 1. The molecule has 3 aromatic rings. The predicted molar refractivity (Wildman–Crippen MR) is 120 cm³/mol. The number of rotatable bonds is 7. The molecule has 2 aromatic heterocycles. The van der Waals surface area contributed by atoms with Gasteiger partial charge in [-0.15, -0.1) is 0 Å². The van der Waals surface area contributed by atoms with Gasteiger partial charge in [0.25, 0.3) is 6.02 Å². The summed E-state index contributed by atoms with van der Waals surface area (Å²) in [7, 11) is 0. The number of amidine groups is 1. The highest BCUT2D eigenvalue weighted by molar-refractivity contribution is 5.75. The van der Waals surface area contributed by atoms with Crippen molar-refractivity contribution in [1.29, 1.82) is 0 Å². The van der Waals surface area contributed by atoms with E-state index in [0.29, 0.717) is 0 Å². The normalized spacial score (nSPS) is 19.5. The standard InChI is InChI=1S/C23H18F7N5O5/c1-21(8-17(22(25,26)27)34-20(31)39-21)13-6-11(2-3-14(13)24)16-7-15(35-40-16)18-32-9-12(10-33-18)37-4-5-38-19(36)23(28,29)30/h2-3,6-7,9-10,17H,4-5,8H2,1H3,(H2,31,34)/t17-,21-/m0/s1. The average molecular weight is 577 g/mol. The Balaban J connectivity index is 1.46. The van der Waals surface area contributed by atoms with E-state index in [2.05, 4.69) is 24.9 Å². The molecule has 1 aliphatic heterocycles. The number of ether oxygens (including phenoxy) is 3. The third-order valence-corrected chi connectivity index (χ3v) is 5.58. The SMILES string of the molecule is C[C@@]1(c2cc(-c3cc(-c4ncc(OCCOC(=O)C(F)(F)F)cn4)no3)ccc2F)C[C@@H](C(F)(F)F)N=C(N)O1.